The van der Waals surface area contributed by atoms with Crippen LogP contribution in [0.2, 0.25) is 0 Å². The molecule has 0 aliphatic carbocycles. The molecule has 0 amide bonds. The van der Waals surface area contributed by atoms with Crippen molar-refractivity contribution in [2.45, 2.75) is 20.0 Å². The highest BCUT2D eigenvalue weighted by molar-refractivity contribution is 5.98. The highest BCUT2D eigenvalue weighted by atomic mass is 16.5. The molecular formula is C9H12O3. The zero-order valence-electron chi connectivity index (χ0n) is 7.24. The lowest BCUT2D eigenvalue weighted by Gasteiger charge is -2.07. The van der Waals surface area contributed by atoms with E-state index in [1.165, 1.54) is 12.5 Å². The largest absolute Gasteiger partial charge is 0.472 e. The first-order valence-corrected chi connectivity index (χ1v) is 3.93. The highest BCUT2D eigenvalue weighted by Crippen LogP contribution is 2.06. The summed E-state index contributed by atoms with van der Waals surface area (Å²) in [7, 11) is 0. The van der Waals surface area contributed by atoms with Crippen LogP contribution in [-0.4, -0.2) is 18.5 Å². The molecule has 1 atom stereocenters. The second-order valence-electron chi connectivity index (χ2n) is 2.47. The van der Waals surface area contributed by atoms with Gasteiger partial charge < -0.3 is 9.15 Å². The first-order valence-electron chi connectivity index (χ1n) is 3.93. The van der Waals surface area contributed by atoms with Crippen molar-refractivity contribution >= 4 is 5.78 Å². The molecule has 1 unspecified atom stereocenters. The summed E-state index contributed by atoms with van der Waals surface area (Å²) in [5.41, 5.74) is 0.566. The van der Waals surface area contributed by atoms with Crippen molar-refractivity contribution in [1.82, 2.24) is 0 Å². The molecule has 3 nitrogen and oxygen atoms in total. The first-order chi connectivity index (χ1) is 5.75. The molecule has 0 N–H and O–H groups in total. The standard InChI is InChI=1S/C9H12O3/c1-3-12-7(2)9(10)8-4-5-11-6-8/h4-7H,3H2,1-2H3. The van der Waals surface area contributed by atoms with Crippen molar-refractivity contribution in [2.24, 2.45) is 0 Å². The summed E-state index contributed by atoms with van der Waals surface area (Å²) in [5.74, 6) is -0.0365. The van der Waals surface area contributed by atoms with Crippen LogP contribution in [0.1, 0.15) is 24.2 Å². The summed E-state index contributed by atoms with van der Waals surface area (Å²) in [6, 6.07) is 1.64. The summed E-state index contributed by atoms with van der Waals surface area (Å²) in [5, 5.41) is 0. The van der Waals surface area contributed by atoms with Gasteiger partial charge in [0.25, 0.3) is 0 Å². The van der Waals surface area contributed by atoms with Gasteiger partial charge in [-0.15, -0.1) is 0 Å². The van der Waals surface area contributed by atoms with Crippen LogP contribution in [0.3, 0.4) is 0 Å². The molecule has 0 spiro atoms. The summed E-state index contributed by atoms with van der Waals surface area (Å²) < 4.78 is 9.92. The molecule has 0 aliphatic heterocycles. The van der Waals surface area contributed by atoms with Crippen LogP contribution in [0.15, 0.2) is 23.0 Å². The monoisotopic (exact) mass is 168 g/mol. The van der Waals surface area contributed by atoms with Gasteiger partial charge in [-0.2, -0.15) is 0 Å². The van der Waals surface area contributed by atoms with Crippen molar-refractivity contribution in [3.63, 3.8) is 0 Å². The van der Waals surface area contributed by atoms with Gasteiger partial charge >= 0.3 is 0 Å². The predicted molar refractivity (Wildman–Crippen MR) is 44.1 cm³/mol. The molecule has 0 radical (unpaired) electrons. The maximum atomic E-state index is 11.4. The fraction of sp³-hybridized carbons (Fsp3) is 0.444. The number of furan rings is 1. The Kier molecular flexibility index (Phi) is 3.05. The molecule has 0 aliphatic rings. The lowest BCUT2D eigenvalue weighted by atomic mass is 10.1. The molecule has 1 aromatic heterocycles. The minimum absolute atomic E-state index is 0.0365. The third kappa shape index (κ3) is 1.95. The van der Waals surface area contributed by atoms with Crippen LogP contribution >= 0.6 is 0 Å². The number of carbonyl (C=O) groups excluding carboxylic acids is 1. The zero-order valence-corrected chi connectivity index (χ0v) is 7.24. The van der Waals surface area contributed by atoms with Crippen LogP contribution in [0, 0.1) is 0 Å². The van der Waals surface area contributed by atoms with E-state index in [1.54, 1.807) is 13.0 Å². The van der Waals surface area contributed by atoms with E-state index < -0.39 is 0 Å². The van der Waals surface area contributed by atoms with Crippen LogP contribution in [0.5, 0.6) is 0 Å². The molecule has 0 fully saturated rings. The first kappa shape index (κ1) is 9.00. The fourth-order valence-electron chi connectivity index (χ4n) is 0.965. The fourth-order valence-corrected chi connectivity index (χ4v) is 0.965. The van der Waals surface area contributed by atoms with E-state index in [0.29, 0.717) is 12.2 Å². The van der Waals surface area contributed by atoms with Gasteiger partial charge in [0, 0.05) is 6.61 Å². The van der Waals surface area contributed by atoms with Crippen molar-refractivity contribution in [1.29, 1.82) is 0 Å². The molecule has 1 rings (SSSR count). The summed E-state index contributed by atoms with van der Waals surface area (Å²) in [6.45, 7) is 4.14. The third-order valence-electron chi connectivity index (χ3n) is 1.59. The van der Waals surface area contributed by atoms with Crippen LogP contribution in [-0.2, 0) is 4.74 Å². The van der Waals surface area contributed by atoms with Gasteiger partial charge in [-0.25, -0.2) is 0 Å². The van der Waals surface area contributed by atoms with E-state index in [1.807, 2.05) is 6.92 Å². The SMILES string of the molecule is CCOC(C)C(=O)c1ccoc1. The topological polar surface area (TPSA) is 39.4 Å². The van der Waals surface area contributed by atoms with Gasteiger partial charge in [-0.3, -0.25) is 4.79 Å². The van der Waals surface area contributed by atoms with E-state index in [2.05, 4.69) is 0 Å². The molecule has 0 saturated heterocycles. The summed E-state index contributed by atoms with van der Waals surface area (Å²) in [6.07, 6.45) is 2.52. The Hall–Kier alpha value is -1.09. The van der Waals surface area contributed by atoms with E-state index in [0.717, 1.165) is 0 Å². The molecule has 0 aromatic carbocycles. The molecule has 3 heteroatoms. The Balaban J connectivity index is 2.59. The zero-order chi connectivity index (χ0) is 8.97. The number of ketones is 1. The number of carbonyl (C=O) groups is 1. The van der Waals surface area contributed by atoms with E-state index >= 15 is 0 Å². The highest BCUT2D eigenvalue weighted by Gasteiger charge is 2.15. The van der Waals surface area contributed by atoms with Crippen molar-refractivity contribution in [3.05, 3.63) is 24.2 Å². The van der Waals surface area contributed by atoms with Crippen LogP contribution < -0.4 is 0 Å². The van der Waals surface area contributed by atoms with Gasteiger partial charge in [0.2, 0.25) is 0 Å². The molecular weight excluding hydrogens is 156 g/mol. The second-order valence-corrected chi connectivity index (χ2v) is 2.47. The summed E-state index contributed by atoms with van der Waals surface area (Å²) in [4.78, 5) is 11.4. The summed E-state index contributed by atoms with van der Waals surface area (Å²) >= 11 is 0. The normalized spacial score (nSPS) is 12.8. The Morgan fingerprint density at radius 1 is 1.75 bits per heavy atom. The second kappa shape index (κ2) is 4.07. The van der Waals surface area contributed by atoms with Crippen LogP contribution in [0.4, 0.5) is 0 Å². The maximum Gasteiger partial charge on any atom is 0.194 e. The van der Waals surface area contributed by atoms with E-state index in [4.69, 9.17) is 9.15 Å². The van der Waals surface area contributed by atoms with Crippen LogP contribution in [0.25, 0.3) is 0 Å². The minimum Gasteiger partial charge on any atom is -0.472 e. The number of rotatable bonds is 4. The van der Waals surface area contributed by atoms with Gasteiger partial charge in [-0.1, -0.05) is 0 Å². The Labute approximate surface area is 71.3 Å². The maximum absolute atomic E-state index is 11.4. The Bertz CT molecular complexity index is 238. The van der Waals surface area contributed by atoms with Gasteiger partial charge in [0.1, 0.15) is 12.4 Å². The number of ether oxygens (including phenoxy) is 1. The molecule has 12 heavy (non-hydrogen) atoms. The van der Waals surface area contributed by atoms with Gasteiger partial charge in [0.15, 0.2) is 5.78 Å². The average molecular weight is 168 g/mol. The lowest BCUT2D eigenvalue weighted by Crippen LogP contribution is -2.20. The Morgan fingerprint density at radius 2 is 2.50 bits per heavy atom. The minimum atomic E-state index is -0.382. The Morgan fingerprint density at radius 3 is 3.00 bits per heavy atom. The van der Waals surface area contributed by atoms with Crippen molar-refractivity contribution < 1.29 is 13.9 Å². The van der Waals surface area contributed by atoms with Crippen molar-refractivity contribution in [3.8, 4) is 0 Å². The number of Topliss-reactive ketones (excluding diaryl/α,β-unsaturated/α-hetero) is 1. The average Bonchev–Trinajstić information content (AvgIpc) is 2.55. The van der Waals surface area contributed by atoms with Gasteiger partial charge in [-0.05, 0) is 19.9 Å². The predicted octanol–water partition coefficient (Wildman–Crippen LogP) is 1.89. The molecule has 0 bridgehead atoms. The smallest absolute Gasteiger partial charge is 0.194 e. The third-order valence-corrected chi connectivity index (χ3v) is 1.59. The van der Waals surface area contributed by atoms with Gasteiger partial charge in [0.05, 0.1) is 11.8 Å². The molecule has 1 heterocycles. The lowest BCUT2D eigenvalue weighted by molar-refractivity contribution is 0.0520. The van der Waals surface area contributed by atoms with E-state index in [-0.39, 0.29) is 11.9 Å². The molecule has 0 saturated carbocycles. The number of hydrogen-bond acceptors (Lipinski definition) is 3. The quantitative estimate of drug-likeness (QED) is 0.644. The molecule has 66 valence electrons. The number of hydrogen-bond donors (Lipinski definition) is 0. The van der Waals surface area contributed by atoms with E-state index in [9.17, 15) is 4.79 Å². The molecule has 1 aromatic rings. The van der Waals surface area contributed by atoms with Crippen molar-refractivity contribution in [2.75, 3.05) is 6.61 Å².